The molecule has 0 spiro atoms. The molecular weight excluding hydrogens is 417 g/mol. The minimum Gasteiger partial charge on any atom is -0.872 e. The molecule has 2 rings (SSSR count). The average Bonchev–Trinajstić information content (AvgIpc) is 2.78. The van der Waals surface area contributed by atoms with Gasteiger partial charge in [-0.2, -0.15) is 0 Å². The van der Waals surface area contributed by atoms with E-state index in [4.69, 9.17) is 0 Å². The van der Waals surface area contributed by atoms with Crippen molar-refractivity contribution < 1.29 is 10.2 Å². The molecule has 2 aromatic carbocycles. The van der Waals surface area contributed by atoms with E-state index < -0.39 is 0 Å². The Morgan fingerprint density at radius 3 is 1.15 bits per heavy atom. The predicted molar refractivity (Wildman–Crippen MR) is 141 cm³/mol. The molecule has 0 saturated heterocycles. The Hall–Kier alpha value is -1.19. The van der Waals surface area contributed by atoms with Crippen LogP contribution in [0.5, 0.6) is 11.5 Å². The fourth-order valence-electron chi connectivity index (χ4n) is 3.97. The molecule has 0 aromatic heterocycles. The number of unbranched alkanes of at least 4 members (excludes halogenated alkanes) is 12. The topological polar surface area (TPSA) is 46.1 Å². The predicted octanol–water partition coefficient (Wildman–Crippen LogP) is 7.73. The summed E-state index contributed by atoms with van der Waals surface area (Å²) < 4.78 is 0. The second kappa shape index (κ2) is 22.6. The Kier molecular flexibility index (Phi) is 21.8. The molecule has 0 bridgehead atoms. The Bertz CT molecular complexity index is 627. The molecule has 3 heteroatoms. The third-order valence-corrected chi connectivity index (χ3v) is 5.93. The summed E-state index contributed by atoms with van der Waals surface area (Å²) in [5.74, 6) is 0.279. The van der Waals surface area contributed by atoms with E-state index in [9.17, 15) is 10.2 Å². The van der Waals surface area contributed by atoms with Crippen molar-refractivity contribution in [1.29, 1.82) is 0 Å². The van der Waals surface area contributed by atoms with Gasteiger partial charge in [0.15, 0.2) is 0 Å². The summed E-state index contributed by atoms with van der Waals surface area (Å²) >= 11 is 0. The minimum absolute atomic E-state index is 0. The summed E-state index contributed by atoms with van der Waals surface area (Å²) in [5, 5.41) is 22.2. The van der Waals surface area contributed by atoms with Gasteiger partial charge in [0.2, 0.25) is 0 Å². The molecular formula is C30H46MgO2. The number of hydrogen-bond donors (Lipinski definition) is 0. The van der Waals surface area contributed by atoms with Gasteiger partial charge in [0.05, 0.1) is 0 Å². The van der Waals surface area contributed by atoms with Crippen LogP contribution in [0.15, 0.2) is 48.5 Å². The van der Waals surface area contributed by atoms with Crippen LogP contribution in [0.25, 0.3) is 0 Å². The largest absolute Gasteiger partial charge is 2.00 e. The SMILES string of the molecule is CCCCCCCCCc1cccc([O-])c1.CCCCCCCCCc1cccc([O-])c1.[Mg+2]. The van der Waals surface area contributed by atoms with Gasteiger partial charge < -0.3 is 10.2 Å². The Balaban J connectivity index is 0.000000602. The first-order valence-corrected chi connectivity index (χ1v) is 13.2. The monoisotopic (exact) mass is 462 g/mol. The van der Waals surface area contributed by atoms with Crippen LogP contribution in [0, 0.1) is 0 Å². The zero-order valence-electron chi connectivity index (χ0n) is 21.5. The van der Waals surface area contributed by atoms with Crippen molar-refractivity contribution in [1.82, 2.24) is 0 Å². The summed E-state index contributed by atoms with van der Waals surface area (Å²) in [6.07, 6.45) is 20.7. The summed E-state index contributed by atoms with van der Waals surface area (Å²) in [7, 11) is 0. The summed E-state index contributed by atoms with van der Waals surface area (Å²) in [4.78, 5) is 0. The molecule has 0 aliphatic heterocycles. The smallest absolute Gasteiger partial charge is 0.872 e. The molecule has 0 saturated carbocycles. The van der Waals surface area contributed by atoms with Crippen LogP contribution in [0.3, 0.4) is 0 Å². The van der Waals surface area contributed by atoms with Crippen molar-refractivity contribution in [3.8, 4) is 11.5 Å². The second-order valence-corrected chi connectivity index (χ2v) is 9.04. The fourth-order valence-corrected chi connectivity index (χ4v) is 3.97. The van der Waals surface area contributed by atoms with E-state index in [-0.39, 0.29) is 34.6 Å². The molecule has 0 heterocycles. The molecule has 0 fully saturated rings. The maximum absolute atomic E-state index is 11.1. The molecule has 0 aliphatic carbocycles. The third-order valence-electron chi connectivity index (χ3n) is 5.93. The van der Waals surface area contributed by atoms with Crippen LogP contribution < -0.4 is 10.2 Å². The zero-order valence-corrected chi connectivity index (χ0v) is 22.9. The van der Waals surface area contributed by atoms with Gasteiger partial charge in [-0.25, -0.2) is 0 Å². The standard InChI is InChI=1S/2C15H24O.Mg/c2*1-2-3-4-5-6-7-8-10-14-11-9-12-15(16)13-14;/h2*9,11-13,16H,2-8,10H2,1H3;/q;;+2/p-2. The van der Waals surface area contributed by atoms with E-state index in [1.54, 1.807) is 24.3 Å². The van der Waals surface area contributed by atoms with Crippen molar-refractivity contribution >= 4 is 23.1 Å². The first-order valence-electron chi connectivity index (χ1n) is 13.2. The number of aryl methyl sites for hydroxylation is 2. The summed E-state index contributed by atoms with van der Waals surface area (Å²) in [6.45, 7) is 4.49. The number of rotatable bonds is 16. The Morgan fingerprint density at radius 1 is 0.485 bits per heavy atom. The van der Waals surface area contributed by atoms with Crippen molar-refractivity contribution in [3.63, 3.8) is 0 Å². The molecule has 2 nitrogen and oxygen atoms in total. The molecule has 0 unspecified atom stereocenters. The van der Waals surface area contributed by atoms with Gasteiger partial charge in [0, 0.05) is 0 Å². The van der Waals surface area contributed by atoms with Crippen molar-refractivity contribution in [2.24, 2.45) is 0 Å². The molecule has 0 amide bonds. The second-order valence-electron chi connectivity index (χ2n) is 9.04. The van der Waals surface area contributed by atoms with Crippen LogP contribution >= 0.6 is 0 Å². The Labute approximate surface area is 220 Å². The van der Waals surface area contributed by atoms with E-state index in [1.807, 2.05) is 12.1 Å². The van der Waals surface area contributed by atoms with Crippen molar-refractivity contribution in [3.05, 3.63) is 59.7 Å². The molecule has 33 heavy (non-hydrogen) atoms. The Morgan fingerprint density at radius 2 is 0.818 bits per heavy atom. The van der Waals surface area contributed by atoms with Gasteiger partial charge in [0.1, 0.15) is 0 Å². The number of hydrogen-bond acceptors (Lipinski definition) is 2. The number of benzene rings is 2. The van der Waals surface area contributed by atoms with Crippen molar-refractivity contribution in [2.45, 2.75) is 117 Å². The van der Waals surface area contributed by atoms with E-state index >= 15 is 0 Å². The van der Waals surface area contributed by atoms with Gasteiger partial charge in [-0.3, -0.25) is 0 Å². The van der Waals surface area contributed by atoms with E-state index in [0.29, 0.717) is 0 Å². The zero-order chi connectivity index (χ0) is 23.3. The minimum atomic E-state index is 0. The fraction of sp³-hybridized carbons (Fsp3) is 0.600. The van der Waals surface area contributed by atoms with Crippen LogP contribution in [-0.4, -0.2) is 23.1 Å². The summed E-state index contributed by atoms with van der Waals surface area (Å²) in [6, 6.07) is 14.6. The first kappa shape index (κ1) is 31.8. The normalized spacial score (nSPS) is 10.2. The molecule has 0 aliphatic rings. The molecule has 0 radical (unpaired) electrons. The van der Waals surface area contributed by atoms with Gasteiger partial charge >= 0.3 is 23.1 Å². The van der Waals surface area contributed by atoms with E-state index in [0.717, 1.165) is 12.8 Å². The molecule has 0 N–H and O–H groups in total. The van der Waals surface area contributed by atoms with E-state index in [1.165, 1.54) is 101 Å². The first-order chi connectivity index (χ1) is 15.7. The molecule has 0 atom stereocenters. The van der Waals surface area contributed by atoms with Gasteiger partial charge in [-0.05, 0) is 36.8 Å². The average molecular weight is 463 g/mol. The van der Waals surface area contributed by atoms with Crippen LogP contribution in [0.1, 0.15) is 115 Å². The maximum Gasteiger partial charge on any atom is 2.00 e. The van der Waals surface area contributed by atoms with Crippen LogP contribution in [0.4, 0.5) is 0 Å². The molecule has 180 valence electrons. The van der Waals surface area contributed by atoms with Crippen LogP contribution in [0.2, 0.25) is 0 Å². The summed E-state index contributed by atoms with van der Waals surface area (Å²) in [5.41, 5.74) is 2.39. The maximum atomic E-state index is 11.1. The van der Waals surface area contributed by atoms with Gasteiger partial charge in [-0.1, -0.05) is 139 Å². The van der Waals surface area contributed by atoms with Gasteiger partial charge in [-0.15, -0.1) is 11.5 Å². The quantitative estimate of drug-likeness (QED) is 0.189. The van der Waals surface area contributed by atoms with Crippen LogP contribution in [-0.2, 0) is 12.8 Å². The molecule has 2 aromatic rings. The third kappa shape index (κ3) is 18.9. The van der Waals surface area contributed by atoms with Gasteiger partial charge in [0.25, 0.3) is 0 Å². The van der Waals surface area contributed by atoms with E-state index in [2.05, 4.69) is 26.0 Å². The van der Waals surface area contributed by atoms with Crippen molar-refractivity contribution in [2.75, 3.05) is 0 Å².